The van der Waals surface area contributed by atoms with Crippen molar-refractivity contribution in [1.29, 1.82) is 0 Å². The maximum atomic E-state index is 13.2. The van der Waals surface area contributed by atoms with Crippen LogP contribution in [0.25, 0.3) is 0 Å². The van der Waals surface area contributed by atoms with Crippen LogP contribution in [0.2, 0.25) is 0 Å². The number of rotatable bonds is 4. The lowest BCUT2D eigenvalue weighted by atomic mass is 10.2. The minimum atomic E-state index is -1.17. The van der Waals surface area contributed by atoms with Gasteiger partial charge in [-0.05, 0) is 5.92 Å². The monoisotopic (exact) mass is 230 g/mol. The van der Waals surface area contributed by atoms with E-state index >= 15 is 0 Å². The van der Waals surface area contributed by atoms with E-state index in [2.05, 4.69) is 5.32 Å². The average molecular weight is 230 g/mol. The highest BCUT2D eigenvalue weighted by atomic mass is 19.1. The fraction of sp³-hybridized carbons (Fsp3) is 0.400. The van der Waals surface area contributed by atoms with Crippen molar-refractivity contribution in [1.82, 2.24) is 0 Å². The number of halogens is 2. The number of nitrogens with one attached hydrogen (secondary N) is 1. The van der Waals surface area contributed by atoms with E-state index in [-0.39, 0.29) is 11.6 Å². The first-order valence-electron chi connectivity index (χ1n) is 4.79. The van der Waals surface area contributed by atoms with Crippen LogP contribution in [0.1, 0.15) is 13.8 Å². The summed E-state index contributed by atoms with van der Waals surface area (Å²) >= 11 is 0. The second-order valence-electron chi connectivity index (χ2n) is 3.82. The van der Waals surface area contributed by atoms with Crippen LogP contribution in [0.3, 0.4) is 0 Å². The molecule has 0 fully saturated rings. The molecule has 0 spiro atoms. The van der Waals surface area contributed by atoms with E-state index in [1.807, 2.05) is 13.8 Å². The van der Waals surface area contributed by atoms with Crippen molar-refractivity contribution in [3.63, 3.8) is 0 Å². The van der Waals surface area contributed by atoms with Crippen LogP contribution < -0.4 is 5.32 Å². The van der Waals surface area contributed by atoms with Crippen LogP contribution >= 0.6 is 0 Å². The standard InChI is InChI=1S/C10H12F2N2O2/c1-6(2)5-13-9-4-7(11)3-8(12)10(9)14(15)16/h3-4,6,13H,5H2,1-2H3. The zero-order valence-corrected chi connectivity index (χ0v) is 8.96. The first-order valence-corrected chi connectivity index (χ1v) is 4.79. The predicted octanol–water partition coefficient (Wildman–Crippen LogP) is 2.94. The van der Waals surface area contributed by atoms with Crippen LogP contribution in [-0.4, -0.2) is 11.5 Å². The zero-order chi connectivity index (χ0) is 12.3. The fourth-order valence-electron chi connectivity index (χ4n) is 1.20. The molecule has 88 valence electrons. The molecule has 0 atom stereocenters. The van der Waals surface area contributed by atoms with E-state index in [1.165, 1.54) is 0 Å². The number of hydrogen-bond acceptors (Lipinski definition) is 3. The highest BCUT2D eigenvalue weighted by molar-refractivity contribution is 5.62. The molecule has 0 aliphatic rings. The zero-order valence-electron chi connectivity index (χ0n) is 8.96. The quantitative estimate of drug-likeness (QED) is 0.639. The second-order valence-corrected chi connectivity index (χ2v) is 3.82. The van der Waals surface area contributed by atoms with E-state index in [9.17, 15) is 18.9 Å². The Hall–Kier alpha value is -1.72. The van der Waals surface area contributed by atoms with Crippen LogP contribution in [0.4, 0.5) is 20.2 Å². The third-order valence-corrected chi connectivity index (χ3v) is 1.91. The summed E-state index contributed by atoms with van der Waals surface area (Å²) in [4.78, 5) is 9.74. The van der Waals surface area contributed by atoms with Crippen molar-refractivity contribution in [2.45, 2.75) is 13.8 Å². The Bertz CT molecular complexity index is 408. The van der Waals surface area contributed by atoms with Gasteiger partial charge in [0.05, 0.1) is 4.92 Å². The SMILES string of the molecule is CC(C)CNc1cc(F)cc(F)c1[N+](=O)[O-]. The number of benzene rings is 1. The van der Waals surface area contributed by atoms with Crippen molar-refractivity contribution in [3.05, 3.63) is 33.9 Å². The van der Waals surface area contributed by atoms with Crippen molar-refractivity contribution in [2.24, 2.45) is 5.92 Å². The molecule has 0 saturated heterocycles. The first kappa shape index (κ1) is 12.4. The van der Waals surface area contributed by atoms with Crippen molar-refractivity contribution in [3.8, 4) is 0 Å². The third-order valence-electron chi connectivity index (χ3n) is 1.91. The lowest BCUT2D eigenvalue weighted by molar-refractivity contribution is -0.386. The molecule has 0 aliphatic heterocycles. The molecule has 0 bridgehead atoms. The highest BCUT2D eigenvalue weighted by Crippen LogP contribution is 2.28. The van der Waals surface area contributed by atoms with Gasteiger partial charge in [0, 0.05) is 18.7 Å². The molecule has 0 radical (unpaired) electrons. The van der Waals surface area contributed by atoms with Crippen LogP contribution in [-0.2, 0) is 0 Å². The molecule has 16 heavy (non-hydrogen) atoms. The van der Waals surface area contributed by atoms with Gasteiger partial charge >= 0.3 is 5.69 Å². The van der Waals surface area contributed by atoms with Gasteiger partial charge in [0.1, 0.15) is 11.5 Å². The molecule has 0 heterocycles. The molecule has 1 rings (SSSR count). The maximum Gasteiger partial charge on any atom is 0.327 e. The lowest BCUT2D eigenvalue weighted by Crippen LogP contribution is -2.10. The summed E-state index contributed by atoms with van der Waals surface area (Å²) in [5.41, 5.74) is -0.849. The summed E-state index contributed by atoms with van der Waals surface area (Å²) in [6, 6.07) is 1.42. The number of anilines is 1. The van der Waals surface area contributed by atoms with Gasteiger partial charge in [-0.1, -0.05) is 13.8 Å². The molecule has 0 aromatic heterocycles. The van der Waals surface area contributed by atoms with E-state index in [0.717, 1.165) is 6.07 Å². The van der Waals surface area contributed by atoms with E-state index in [0.29, 0.717) is 12.6 Å². The van der Waals surface area contributed by atoms with Crippen LogP contribution in [0.15, 0.2) is 12.1 Å². The largest absolute Gasteiger partial charge is 0.379 e. The number of hydrogen-bond donors (Lipinski definition) is 1. The molecule has 1 aromatic carbocycles. The maximum absolute atomic E-state index is 13.2. The fourth-order valence-corrected chi connectivity index (χ4v) is 1.20. The molecule has 6 heteroatoms. The molecular formula is C10H12F2N2O2. The Kier molecular flexibility index (Phi) is 3.76. The summed E-state index contributed by atoms with van der Waals surface area (Å²) in [6.07, 6.45) is 0. The Morgan fingerprint density at radius 1 is 1.44 bits per heavy atom. The van der Waals surface area contributed by atoms with Gasteiger partial charge in [0.15, 0.2) is 0 Å². The van der Waals surface area contributed by atoms with E-state index in [4.69, 9.17) is 0 Å². The lowest BCUT2D eigenvalue weighted by Gasteiger charge is -2.09. The molecule has 4 nitrogen and oxygen atoms in total. The molecule has 0 aliphatic carbocycles. The topological polar surface area (TPSA) is 55.2 Å². The van der Waals surface area contributed by atoms with Crippen molar-refractivity contribution >= 4 is 11.4 Å². The Morgan fingerprint density at radius 3 is 2.56 bits per heavy atom. The second kappa shape index (κ2) is 4.87. The highest BCUT2D eigenvalue weighted by Gasteiger charge is 2.21. The molecule has 0 amide bonds. The van der Waals surface area contributed by atoms with Gasteiger partial charge < -0.3 is 5.32 Å². The summed E-state index contributed by atoms with van der Waals surface area (Å²) < 4.78 is 26.1. The molecule has 0 saturated carbocycles. The van der Waals surface area contributed by atoms with Gasteiger partial charge in [0.2, 0.25) is 5.82 Å². The Morgan fingerprint density at radius 2 is 2.06 bits per heavy atom. The summed E-state index contributed by atoms with van der Waals surface area (Å²) in [6.45, 7) is 4.17. The van der Waals surface area contributed by atoms with Gasteiger partial charge in [-0.3, -0.25) is 10.1 Å². The molecular weight excluding hydrogens is 218 g/mol. The Labute approximate surface area is 91.4 Å². The summed E-state index contributed by atoms with van der Waals surface area (Å²) in [5.74, 6) is -1.79. The van der Waals surface area contributed by atoms with Gasteiger partial charge in [-0.2, -0.15) is 4.39 Å². The number of nitro benzene ring substituents is 1. The molecule has 1 N–H and O–H groups in total. The van der Waals surface area contributed by atoms with Crippen molar-refractivity contribution in [2.75, 3.05) is 11.9 Å². The van der Waals surface area contributed by atoms with Crippen molar-refractivity contribution < 1.29 is 13.7 Å². The van der Waals surface area contributed by atoms with E-state index in [1.54, 1.807) is 0 Å². The van der Waals surface area contributed by atoms with Gasteiger partial charge in [-0.15, -0.1) is 0 Å². The summed E-state index contributed by atoms with van der Waals surface area (Å²) in [7, 11) is 0. The normalized spacial score (nSPS) is 10.6. The third kappa shape index (κ3) is 2.88. The van der Waals surface area contributed by atoms with Crippen LogP contribution in [0.5, 0.6) is 0 Å². The average Bonchev–Trinajstić information content (AvgIpc) is 2.12. The first-order chi connectivity index (χ1) is 7.41. The number of nitro groups is 1. The van der Waals surface area contributed by atoms with Gasteiger partial charge in [0.25, 0.3) is 0 Å². The minimum Gasteiger partial charge on any atom is -0.379 e. The smallest absolute Gasteiger partial charge is 0.327 e. The summed E-state index contributed by atoms with van der Waals surface area (Å²) in [5, 5.41) is 13.3. The molecule has 1 aromatic rings. The predicted molar refractivity (Wildman–Crippen MR) is 56.3 cm³/mol. The molecule has 0 unspecified atom stereocenters. The minimum absolute atomic E-state index is 0.129. The Balaban J connectivity index is 3.09. The van der Waals surface area contributed by atoms with Gasteiger partial charge in [-0.25, -0.2) is 4.39 Å². The number of nitrogens with zero attached hydrogens (tertiary/aromatic N) is 1. The van der Waals surface area contributed by atoms with Crippen LogP contribution in [0, 0.1) is 27.7 Å². The van der Waals surface area contributed by atoms with E-state index < -0.39 is 22.2 Å².